The van der Waals surface area contributed by atoms with Crippen LogP contribution in [0.3, 0.4) is 0 Å². The predicted octanol–water partition coefficient (Wildman–Crippen LogP) is 2.13. The van der Waals surface area contributed by atoms with Gasteiger partial charge < -0.3 is 9.84 Å². The Morgan fingerprint density at radius 1 is 1.33 bits per heavy atom. The van der Waals surface area contributed by atoms with E-state index in [1.807, 2.05) is 0 Å². The lowest BCUT2D eigenvalue weighted by Crippen LogP contribution is -2.22. The van der Waals surface area contributed by atoms with E-state index < -0.39 is 17.5 Å². The summed E-state index contributed by atoms with van der Waals surface area (Å²) in [6.07, 6.45) is 2.64. The molecule has 0 atom stereocenters. The van der Waals surface area contributed by atoms with E-state index in [4.69, 9.17) is 9.84 Å². The molecule has 0 bridgehead atoms. The largest absolute Gasteiger partial charge is 0.477 e. The summed E-state index contributed by atoms with van der Waals surface area (Å²) >= 11 is 0. The molecule has 1 N–H and O–H groups in total. The van der Waals surface area contributed by atoms with Crippen LogP contribution in [0.25, 0.3) is 6.08 Å². The second-order valence-electron chi connectivity index (χ2n) is 4.62. The summed E-state index contributed by atoms with van der Waals surface area (Å²) in [5.74, 6) is -1.60. The van der Waals surface area contributed by atoms with Crippen LogP contribution in [-0.2, 0) is 9.53 Å². The van der Waals surface area contributed by atoms with Crippen LogP contribution >= 0.6 is 0 Å². The van der Waals surface area contributed by atoms with E-state index in [0.29, 0.717) is 5.69 Å². The van der Waals surface area contributed by atoms with Gasteiger partial charge in [0.25, 0.3) is 0 Å². The number of carboxylic acids is 1. The van der Waals surface area contributed by atoms with Crippen LogP contribution in [0.15, 0.2) is 24.3 Å². The van der Waals surface area contributed by atoms with Gasteiger partial charge in [-0.2, -0.15) is 0 Å². The third-order valence-electron chi connectivity index (χ3n) is 1.79. The van der Waals surface area contributed by atoms with Crippen LogP contribution in [-0.4, -0.2) is 27.6 Å². The minimum absolute atomic E-state index is 0.0682. The number of esters is 1. The lowest BCUT2D eigenvalue weighted by atomic mass is 10.2. The number of carbonyl (C=O) groups excluding carboxylic acids is 1. The Bertz CT molecular complexity index is 486. The molecule has 0 saturated heterocycles. The van der Waals surface area contributed by atoms with Crippen molar-refractivity contribution in [2.24, 2.45) is 0 Å². The van der Waals surface area contributed by atoms with Crippen LogP contribution in [0.1, 0.15) is 37.0 Å². The minimum atomic E-state index is -1.11. The molecule has 1 aromatic heterocycles. The van der Waals surface area contributed by atoms with Gasteiger partial charge in [0.15, 0.2) is 0 Å². The second kappa shape index (κ2) is 5.44. The SMILES string of the molecule is CC(C)(C)OC(=O)C=Cc1cccc(C(=O)O)n1. The van der Waals surface area contributed by atoms with Crippen LogP contribution in [0.4, 0.5) is 0 Å². The summed E-state index contributed by atoms with van der Waals surface area (Å²) < 4.78 is 5.07. The van der Waals surface area contributed by atoms with Crippen LogP contribution in [0.2, 0.25) is 0 Å². The third kappa shape index (κ3) is 4.78. The molecule has 1 rings (SSSR count). The number of aromatic nitrogens is 1. The Hall–Kier alpha value is -2.17. The Kier molecular flexibility index (Phi) is 4.20. The van der Waals surface area contributed by atoms with Gasteiger partial charge in [0.2, 0.25) is 0 Å². The van der Waals surface area contributed by atoms with Crippen LogP contribution < -0.4 is 0 Å². The van der Waals surface area contributed by atoms with Crippen molar-refractivity contribution >= 4 is 18.0 Å². The van der Waals surface area contributed by atoms with E-state index in [0.717, 1.165) is 0 Å². The van der Waals surface area contributed by atoms with Crippen molar-refractivity contribution < 1.29 is 19.4 Å². The highest BCUT2D eigenvalue weighted by molar-refractivity contribution is 5.88. The van der Waals surface area contributed by atoms with Gasteiger partial charge in [0, 0.05) is 6.08 Å². The molecule has 5 nitrogen and oxygen atoms in total. The standard InChI is InChI=1S/C13H15NO4/c1-13(2,3)18-11(15)8-7-9-5-4-6-10(14-9)12(16)17/h4-8H,1-3H3,(H,16,17). The van der Waals surface area contributed by atoms with Gasteiger partial charge in [-0.05, 0) is 39.0 Å². The topological polar surface area (TPSA) is 76.5 Å². The first-order valence-corrected chi connectivity index (χ1v) is 5.39. The van der Waals surface area contributed by atoms with Crippen molar-refractivity contribution in [3.63, 3.8) is 0 Å². The smallest absolute Gasteiger partial charge is 0.354 e. The number of nitrogens with zero attached hydrogens (tertiary/aromatic N) is 1. The quantitative estimate of drug-likeness (QED) is 0.656. The average molecular weight is 249 g/mol. The fourth-order valence-corrected chi connectivity index (χ4v) is 1.15. The Labute approximate surface area is 105 Å². The van der Waals surface area contributed by atoms with Crippen molar-refractivity contribution in [1.82, 2.24) is 4.98 Å². The Balaban J connectivity index is 2.76. The first-order valence-electron chi connectivity index (χ1n) is 5.39. The van der Waals surface area contributed by atoms with E-state index in [-0.39, 0.29) is 5.69 Å². The monoisotopic (exact) mass is 249 g/mol. The highest BCUT2D eigenvalue weighted by Gasteiger charge is 2.13. The minimum Gasteiger partial charge on any atom is -0.477 e. The molecule has 5 heteroatoms. The molecule has 0 fully saturated rings. The van der Waals surface area contributed by atoms with Gasteiger partial charge in [-0.1, -0.05) is 6.07 Å². The average Bonchev–Trinajstić information content (AvgIpc) is 2.24. The number of aromatic carboxylic acids is 1. The number of carboxylic acid groups (broad SMARTS) is 1. The zero-order valence-corrected chi connectivity index (χ0v) is 10.5. The molecule has 0 aromatic carbocycles. The van der Waals surface area contributed by atoms with E-state index >= 15 is 0 Å². The van der Waals surface area contributed by atoms with Crippen LogP contribution in [0, 0.1) is 0 Å². The fourth-order valence-electron chi connectivity index (χ4n) is 1.15. The number of hydrogen-bond donors (Lipinski definition) is 1. The van der Waals surface area contributed by atoms with Gasteiger partial charge in [-0.3, -0.25) is 0 Å². The highest BCUT2D eigenvalue weighted by Crippen LogP contribution is 2.08. The molecule has 0 aliphatic carbocycles. The molecule has 0 spiro atoms. The summed E-state index contributed by atoms with van der Waals surface area (Å²) in [6.45, 7) is 5.30. The van der Waals surface area contributed by atoms with E-state index in [9.17, 15) is 9.59 Å². The lowest BCUT2D eigenvalue weighted by Gasteiger charge is -2.17. The first kappa shape index (κ1) is 13.9. The molecule has 0 saturated carbocycles. The molecule has 1 heterocycles. The maximum Gasteiger partial charge on any atom is 0.354 e. The summed E-state index contributed by atoms with van der Waals surface area (Å²) in [7, 11) is 0. The van der Waals surface area contributed by atoms with Gasteiger partial charge in [-0.15, -0.1) is 0 Å². The number of hydrogen-bond acceptors (Lipinski definition) is 4. The number of rotatable bonds is 3. The van der Waals surface area contributed by atoms with Crippen molar-refractivity contribution in [1.29, 1.82) is 0 Å². The molecule has 0 unspecified atom stereocenters. The van der Waals surface area contributed by atoms with Crippen molar-refractivity contribution in [3.8, 4) is 0 Å². The maximum atomic E-state index is 11.4. The maximum absolute atomic E-state index is 11.4. The molecule has 96 valence electrons. The zero-order chi connectivity index (χ0) is 13.8. The molecule has 0 aliphatic rings. The zero-order valence-electron chi connectivity index (χ0n) is 10.5. The number of carbonyl (C=O) groups is 2. The lowest BCUT2D eigenvalue weighted by molar-refractivity contribution is -0.148. The van der Waals surface area contributed by atoms with E-state index in [2.05, 4.69) is 4.98 Å². The Morgan fingerprint density at radius 2 is 2.00 bits per heavy atom. The van der Waals surface area contributed by atoms with Gasteiger partial charge in [0.05, 0.1) is 5.69 Å². The van der Waals surface area contributed by atoms with Crippen molar-refractivity contribution in [2.45, 2.75) is 26.4 Å². The highest BCUT2D eigenvalue weighted by atomic mass is 16.6. The molecule has 0 radical (unpaired) electrons. The van der Waals surface area contributed by atoms with Gasteiger partial charge >= 0.3 is 11.9 Å². The summed E-state index contributed by atoms with van der Waals surface area (Å²) in [4.78, 5) is 25.9. The first-order chi connectivity index (χ1) is 8.28. The van der Waals surface area contributed by atoms with Crippen molar-refractivity contribution in [3.05, 3.63) is 35.7 Å². The summed E-state index contributed by atoms with van der Waals surface area (Å²) in [5, 5.41) is 8.76. The molecular formula is C13H15NO4. The molecular weight excluding hydrogens is 234 g/mol. The third-order valence-corrected chi connectivity index (χ3v) is 1.79. The summed E-state index contributed by atoms with van der Waals surface area (Å²) in [5.41, 5.74) is -0.236. The molecule has 18 heavy (non-hydrogen) atoms. The van der Waals surface area contributed by atoms with Gasteiger partial charge in [0.1, 0.15) is 11.3 Å². The normalized spacial score (nSPS) is 11.5. The second-order valence-corrected chi connectivity index (χ2v) is 4.62. The number of pyridine rings is 1. The molecule has 1 aromatic rings. The number of ether oxygens (including phenoxy) is 1. The van der Waals surface area contributed by atoms with E-state index in [1.54, 1.807) is 32.9 Å². The Morgan fingerprint density at radius 3 is 2.56 bits per heavy atom. The summed E-state index contributed by atoms with van der Waals surface area (Å²) in [6, 6.07) is 4.55. The predicted molar refractivity (Wildman–Crippen MR) is 66.1 cm³/mol. The van der Waals surface area contributed by atoms with Gasteiger partial charge in [-0.25, -0.2) is 14.6 Å². The molecule has 0 amide bonds. The van der Waals surface area contributed by atoms with E-state index in [1.165, 1.54) is 18.2 Å². The van der Waals surface area contributed by atoms with Crippen LogP contribution in [0.5, 0.6) is 0 Å². The van der Waals surface area contributed by atoms with Crippen molar-refractivity contribution in [2.75, 3.05) is 0 Å². The fraction of sp³-hybridized carbons (Fsp3) is 0.308. The molecule has 0 aliphatic heterocycles.